The van der Waals surface area contributed by atoms with E-state index in [2.05, 4.69) is 10.3 Å². The van der Waals surface area contributed by atoms with Crippen LogP contribution in [0.25, 0.3) is 0 Å². The Morgan fingerprint density at radius 1 is 1.14 bits per heavy atom. The minimum Gasteiger partial charge on any atom is -0.351 e. The summed E-state index contributed by atoms with van der Waals surface area (Å²) in [5, 5.41) is 2.70. The van der Waals surface area contributed by atoms with Gasteiger partial charge in [0.2, 0.25) is 11.8 Å². The Kier molecular flexibility index (Phi) is 8.30. The quantitative estimate of drug-likeness (QED) is 0.397. The maximum Gasteiger partial charge on any atom is 0.433 e. The van der Waals surface area contributed by atoms with Gasteiger partial charge in [-0.1, -0.05) is 35.9 Å². The Balaban J connectivity index is 1.58. The number of alkyl halides is 5. The van der Waals surface area contributed by atoms with Gasteiger partial charge < -0.3 is 5.32 Å². The van der Waals surface area contributed by atoms with Gasteiger partial charge in [0.15, 0.2) is 0 Å². The van der Waals surface area contributed by atoms with Crippen molar-refractivity contribution in [3.05, 3.63) is 77.2 Å². The van der Waals surface area contributed by atoms with E-state index in [0.717, 1.165) is 40.1 Å². The molecule has 0 radical (unpaired) electrons. The fourth-order valence-electron chi connectivity index (χ4n) is 5.56. The zero-order chi connectivity index (χ0) is 31.1. The van der Waals surface area contributed by atoms with Crippen molar-refractivity contribution in [1.82, 2.24) is 10.3 Å². The Labute approximate surface area is 247 Å². The third-order valence-corrected chi connectivity index (χ3v) is 8.00. The summed E-state index contributed by atoms with van der Waals surface area (Å²) in [6.45, 7) is 0. The summed E-state index contributed by atoms with van der Waals surface area (Å²) in [4.78, 5) is 46.6. The second-order valence-corrected chi connectivity index (χ2v) is 11.1. The number of carbonyl (C=O) groups is 3. The molecule has 1 unspecified atom stereocenters. The summed E-state index contributed by atoms with van der Waals surface area (Å²) in [6.07, 6.45) is -1.45. The van der Waals surface area contributed by atoms with E-state index in [4.69, 9.17) is 11.6 Å². The van der Waals surface area contributed by atoms with Crippen molar-refractivity contribution in [2.75, 3.05) is 9.80 Å². The Hall–Kier alpha value is -3.87. The number of aromatic nitrogens is 1. The van der Waals surface area contributed by atoms with Crippen molar-refractivity contribution in [1.29, 1.82) is 0 Å². The van der Waals surface area contributed by atoms with Gasteiger partial charge in [-0.3, -0.25) is 24.2 Å². The Morgan fingerprint density at radius 3 is 2.51 bits per heavy atom. The fraction of sp³-hybridized carbons (Fsp3) is 0.379. The number of anilines is 2. The van der Waals surface area contributed by atoms with Gasteiger partial charge in [0.1, 0.15) is 29.4 Å². The van der Waals surface area contributed by atoms with E-state index in [1.807, 2.05) is 0 Å². The maximum atomic E-state index is 14.5. The smallest absolute Gasteiger partial charge is 0.351 e. The largest absolute Gasteiger partial charge is 0.433 e. The van der Waals surface area contributed by atoms with Crippen molar-refractivity contribution in [2.45, 2.75) is 62.3 Å². The zero-order valence-corrected chi connectivity index (χ0v) is 23.1. The third-order valence-electron chi connectivity index (χ3n) is 7.59. The summed E-state index contributed by atoms with van der Waals surface area (Å²) in [5.41, 5.74) is -1.38. The fourth-order valence-corrected chi connectivity index (χ4v) is 5.84. The van der Waals surface area contributed by atoms with E-state index in [-0.39, 0.29) is 30.0 Å². The van der Waals surface area contributed by atoms with Crippen molar-refractivity contribution in [3.8, 4) is 0 Å². The lowest BCUT2D eigenvalue weighted by Crippen LogP contribution is -2.61. The molecule has 1 N–H and O–H groups in total. The first-order chi connectivity index (χ1) is 20.2. The number of hydrogen-bond donors (Lipinski definition) is 1. The minimum atomic E-state index is -4.83. The first kappa shape index (κ1) is 30.6. The van der Waals surface area contributed by atoms with Gasteiger partial charge in [0.25, 0.3) is 11.8 Å². The summed E-state index contributed by atoms with van der Waals surface area (Å²) in [5.74, 6) is -7.47. The number of benzene rings is 1. The van der Waals surface area contributed by atoms with E-state index in [1.54, 1.807) is 12.2 Å². The highest BCUT2D eigenvalue weighted by atomic mass is 35.5. The number of nitrogens with one attached hydrogen (secondary N) is 1. The number of rotatable bonds is 7. The molecular formula is C29H25ClF6N4O3. The van der Waals surface area contributed by atoms with Gasteiger partial charge in [-0.05, 0) is 49.2 Å². The first-order valence-electron chi connectivity index (χ1n) is 13.4. The molecule has 2 fully saturated rings. The van der Waals surface area contributed by atoms with E-state index in [0.29, 0.717) is 0 Å². The van der Waals surface area contributed by atoms with Crippen LogP contribution in [0.4, 0.5) is 37.8 Å². The number of pyridine rings is 1. The summed E-state index contributed by atoms with van der Waals surface area (Å²) < 4.78 is 82.0. The van der Waals surface area contributed by atoms with E-state index in [9.17, 15) is 40.7 Å². The predicted molar refractivity (Wildman–Crippen MR) is 145 cm³/mol. The highest BCUT2D eigenvalue weighted by Crippen LogP contribution is 2.39. The molecule has 3 aliphatic rings. The number of amides is 3. The van der Waals surface area contributed by atoms with Crippen LogP contribution in [0.2, 0.25) is 0 Å². The average molecular weight is 627 g/mol. The van der Waals surface area contributed by atoms with Gasteiger partial charge in [0, 0.05) is 41.9 Å². The standard InChI is InChI=1S/C29H25ClF6N4O3/c30-20-8-2-1-7-19(20)25(26(42)37-17-14-28(32,33)15-17)39(18-6-3-5-16(31)13-18)27(43)21-11-12-24(41)40(21)23-10-4-9-22(38-23)29(34,35)36/h1-6,8-10,13,17,19,21,25H,7,11-12,14-15H2,(H,37,42)/t19?,21-,25-/m0/s1. The highest BCUT2D eigenvalue weighted by molar-refractivity contribution is 6.30. The third kappa shape index (κ3) is 6.41. The molecule has 2 heterocycles. The van der Waals surface area contributed by atoms with Gasteiger partial charge in [-0.2, -0.15) is 13.2 Å². The van der Waals surface area contributed by atoms with Crippen LogP contribution >= 0.6 is 11.6 Å². The molecule has 1 saturated carbocycles. The molecule has 2 aliphatic carbocycles. The monoisotopic (exact) mass is 626 g/mol. The molecule has 228 valence electrons. The topological polar surface area (TPSA) is 82.6 Å². The Morgan fingerprint density at radius 2 is 1.86 bits per heavy atom. The Bertz CT molecular complexity index is 1490. The molecule has 3 amide bonds. The molecular weight excluding hydrogens is 602 g/mol. The van der Waals surface area contributed by atoms with Crippen LogP contribution in [0.3, 0.4) is 0 Å². The van der Waals surface area contributed by atoms with Crippen LogP contribution in [-0.2, 0) is 20.6 Å². The SMILES string of the molecule is O=C(NC1CC(F)(F)C1)[C@H](C1CC=CC=C1Cl)N(C(=O)[C@@H]1CCC(=O)N1c1cccc(C(F)(F)F)n1)c1cccc(F)c1. The zero-order valence-electron chi connectivity index (χ0n) is 22.3. The number of allylic oxidation sites excluding steroid dienone is 3. The lowest BCUT2D eigenvalue weighted by molar-refractivity contribution is -0.141. The normalized spacial score (nSPS) is 22.5. The number of hydrogen-bond acceptors (Lipinski definition) is 4. The molecule has 1 aromatic carbocycles. The number of nitrogens with zero attached hydrogens (tertiary/aromatic N) is 3. The van der Waals surface area contributed by atoms with Crippen molar-refractivity contribution < 1.29 is 40.7 Å². The van der Waals surface area contributed by atoms with Crippen LogP contribution < -0.4 is 15.1 Å². The van der Waals surface area contributed by atoms with Gasteiger partial charge in [0.05, 0.1) is 0 Å². The van der Waals surface area contributed by atoms with Crippen molar-refractivity contribution >= 4 is 40.8 Å². The lowest BCUT2D eigenvalue weighted by atomic mass is 9.86. The molecule has 7 nitrogen and oxygen atoms in total. The second kappa shape index (κ2) is 11.7. The van der Waals surface area contributed by atoms with Crippen LogP contribution in [-0.4, -0.2) is 46.8 Å². The molecule has 1 aliphatic heterocycles. The summed E-state index contributed by atoms with van der Waals surface area (Å²) in [6, 6.07) is 3.83. The van der Waals surface area contributed by atoms with Gasteiger partial charge >= 0.3 is 6.18 Å². The van der Waals surface area contributed by atoms with Crippen LogP contribution in [0.5, 0.6) is 0 Å². The molecule has 14 heteroatoms. The number of halogens is 7. The highest BCUT2D eigenvalue weighted by Gasteiger charge is 2.50. The molecule has 0 bridgehead atoms. The molecule has 0 spiro atoms. The van der Waals surface area contributed by atoms with Gasteiger partial charge in [-0.15, -0.1) is 0 Å². The van der Waals surface area contributed by atoms with Crippen LogP contribution in [0.15, 0.2) is 65.7 Å². The number of carbonyl (C=O) groups excluding carboxylic acids is 3. The maximum absolute atomic E-state index is 14.5. The predicted octanol–water partition coefficient (Wildman–Crippen LogP) is 5.75. The molecule has 43 heavy (non-hydrogen) atoms. The molecule has 1 aromatic heterocycles. The second-order valence-electron chi connectivity index (χ2n) is 10.6. The van der Waals surface area contributed by atoms with Crippen molar-refractivity contribution in [2.24, 2.45) is 5.92 Å². The first-order valence-corrected chi connectivity index (χ1v) is 13.8. The molecule has 1 saturated heterocycles. The van der Waals surface area contributed by atoms with Crippen LogP contribution in [0, 0.1) is 11.7 Å². The van der Waals surface area contributed by atoms with E-state index in [1.165, 1.54) is 18.2 Å². The van der Waals surface area contributed by atoms with E-state index < -0.39 is 84.0 Å². The molecule has 2 aromatic rings. The lowest BCUT2D eigenvalue weighted by Gasteiger charge is -2.41. The average Bonchev–Trinajstić information content (AvgIpc) is 3.31. The van der Waals surface area contributed by atoms with Crippen molar-refractivity contribution in [3.63, 3.8) is 0 Å². The molecule has 5 rings (SSSR count). The minimum absolute atomic E-state index is 0.0978. The van der Waals surface area contributed by atoms with E-state index >= 15 is 0 Å². The summed E-state index contributed by atoms with van der Waals surface area (Å²) >= 11 is 6.50. The van der Waals surface area contributed by atoms with Gasteiger partial charge in [-0.25, -0.2) is 18.2 Å². The van der Waals surface area contributed by atoms with Crippen LogP contribution in [0.1, 0.15) is 37.8 Å². The summed E-state index contributed by atoms with van der Waals surface area (Å²) in [7, 11) is 0. The molecule has 3 atom stereocenters.